The third-order valence-electron chi connectivity index (χ3n) is 3.35. The lowest BCUT2D eigenvalue weighted by Gasteiger charge is -2.15. The van der Waals surface area contributed by atoms with Crippen LogP contribution >= 0.6 is 0 Å². The van der Waals surface area contributed by atoms with Crippen molar-refractivity contribution in [2.24, 2.45) is 5.92 Å². The first-order valence-corrected chi connectivity index (χ1v) is 6.95. The molecule has 2 unspecified atom stereocenters. The van der Waals surface area contributed by atoms with Gasteiger partial charge in [-0.05, 0) is 31.2 Å². The van der Waals surface area contributed by atoms with Crippen LogP contribution < -0.4 is 5.32 Å². The van der Waals surface area contributed by atoms with Crippen molar-refractivity contribution in [3.63, 3.8) is 0 Å². The molecule has 1 aromatic rings. The molecule has 0 spiro atoms. The molecule has 0 aliphatic heterocycles. The summed E-state index contributed by atoms with van der Waals surface area (Å²) in [4.78, 5) is 11.7. The van der Waals surface area contributed by atoms with E-state index in [1.165, 1.54) is 5.56 Å². The number of carbonyl (C=O) groups excluding carboxylic acids is 1. The molecule has 0 radical (unpaired) electrons. The highest BCUT2D eigenvalue weighted by molar-refractivity contribution is 5.76. The van der Waals surface area contributed by atoms with Crippen LogP contribution in [0.5, 0.6) is 0 Å². The lowest BCUT2D eigenvalue weighted by molar-refractivity contribution is -0.122. The molecule has 1 N–H and O–H groups in total. The van der Waals surface area contributed by atoms with Crippen LogP contribution in [-0.4, -0.2) is 11.9 Å². The summed E-state index contributed by atoms with van der Waals surface area (Å²) in [6.45, 7) is 6.32. The summed E-state index contributed by atoms with van der Waals surface area (Å²) in [7, 11) is 0. The minimum Gasteiger partial charge on any atom is -0.354 e. The lowest BCUT2D eigenvalue weighted by atomic mass is 10.0. The Morgan fingerprint density at radius 3 is 2.50 bits per heavy atom. The third-order valence-corrected chi connectivity index (χ3v) is 3.35. The number of amides is 1. The van der Waals surface area contributed by atoms with Crippen LogP contribution in [0, 0.1) is 5.92 Å². The Labute approximate surface area is 111 Å². The highest BCUT2D eigenvalue weighted by Crippen LogP contribution is 2.08. The fourth-order valence-electron chi connectivity index (χ4n) is 1.89. The SMILES string of the molecule is CCC(C)CC(=O)NC(C)CCc1ccccc1. The highest BCUT2D eigenvalue weighted by atomic mass is 16.1. The molecule has 1 amide bonds. The zero-order valence-corrected chi connectivity index (χ0v) is 11.8. The maximum absolute atomic E-state index is 11.7. The van der Waals surface area contributed by atoms with Crippen LogP contribution in [0.25, 0.3) is 0 Å². The number of rotatable bonds is 7. The minimum atomic E-state index is 0.185. The van der Waals surface area contributed by atoms with Gasteiger partial charge in [-0.15, -0.1) is 0 Å². The topological polar surface area (TPSA) is 29.1 Å². The largest absolute Gasteiger partial charge is 0.354 e. The Morgan fingerprint density at radius 1 is 1.22 bits per heavy atom. The molecule has 18 heavy (non-hydrogen) atoms. The van der Waals surface area contributed by atoms with Crippen molar-refractivity contribution in [3.05, 3.63) is 35.9 Å². The molecule has 0 saturated carbocycles. The van der Waals surface area contributed by atoms with E-state index < -0.39 is 0 Å². The zero-order valence-electron chi connectivity index (χ0n) is 11.8. The van der Waals surface area contributed by atoms with Gasteiger partial charge >= 0.3 is 0 Å². The molecule has 0 aliphatic carbocycles. The molecular weight excluding hydrogens is 222 g/mol. The second-order valence-electron chi connectivity index (χ2n) is 5.21. The maximum atomic E-state index is 11.7. The Bertz CT molecular complexity index is 347. The van der Waals surface area contributed by atoms with Gasteiger partial charge in [0.05, 0.1) is 0 Å². The summed E-state index contributed by atoms with van der Waals surface area (Å²) in [5.74, 6) is 0.663. The van der Waals surface area contributed by atoms with Crippen molar-refractivity contribution in [1.29, 1.82) is 0 Å². The van der Waals surface area contributed by atoms with Crippen LogP contribution in [0.1, 0.15) is 45.6 Å². The maximum Gasteiger partial charge on any atom is 0.220 e. The van der Waals surface area contributed by atoms with E-state index in [0.717, 1.165) is 19.3 Å². The summed E-state index contributed by atoms with van der Waals surface area (Å²) >= 11 is 0. The molecule has 0 heterocycles. The number of aryl methyl sites for hydroxylation is 1. The van der Waals surface area contributed by atoms with E-state index in [9.17, 15) is 4.79 Å². The third kappa shape index (κ3) is 5.85. The number of hydrogen-bond acceptors (Lipinski definition) is 1. The smallest absolute Gasteiger partial charge is 0.220 e. The predicted octanol–water partition coefficient (Wildman–Crippen LogP) is 3.56. The van der Waals surface area contributed by atoms with Gasteiger partial charge in [0.25, 0.3) is 0 Å². The highest BCUT2D eigenvalue weighted by Gasteiger charge is 2.10. The van der Waals surface area contributed by atoms with Gasteiger partial charge in [-0.3, -0.25) is 4.79 Å². The van der Waals surface area contributed by atoms with Crippen molar-refractivity contribution < 1.29 is 4.79 Å². The second-order valence-corrected chi connectivity index (χ2v) is 5.21. The van der Waals surface area contributed by atoms with E-state index in [-0.39, 0.29) is 11.9 Å². The first-order chi connectivity index (χ1) is 8.61. The Kier molecular flexibility index (Phi) is 6.48. The number of nitrogens with one attached hydrogen (secondary N) is 1. The van der Waals surface area contributed by atoms with Gasteiger partial charge < -0.3 is 5.32 Å². The van der Waals surface area contributed by atoms with Crippen LogP contribution in [0.2, 0.25) is 0 Å². The minimum absolute atomic E-state index is 0.185. The molecule has 0 fully saturated rings. The summed E-state index contributed by atoms with van der Waals surface area (Å²) < 4.78 is 0. The number of benzene rings is 1. The first-order valence-electron chi connectivity index (χ1n) is 6.95. The Hall–Kier alpha value is -1.31. The number of carbonyl (C=O) groups is 1. The molecule has 0 bridgehead atoms. The lowest BCUT2D eigenvalue weighted by Crippen LogP contribution is -2.33. The Balaban J connectivity index is 2.25. The van der Waals surface area contributed by atoms with E-state index in [2.05, 4.69) is 50.4 Å². The predicted molar refractivity (Wildman–Crippen MR) is 76.4 cm³/mol. The van der Waals surface area contributed by atoms with Gasteiger partial charge in [0.1, 0.15) is 0 Å². The van der Waals surface area contributed by atoms with E-state index >= 15 is 0 Å². The monoisotopic (exact) mass is 247 g/mol. The molecule has 2 nitrogen and oxygen atoms in total. The van der Waals surface area contributed by atoms with Gasteiger partial charge in [-0.25, -0.2) is 0 Å². The molecule has 1 rings (SSSR count). The molecule has 1 aromatic carbocycles. The van der Waals surface area contributed by atoms with Crippen molar-refractivity contribution in [1.82, 2.24) is 5.32 Å². The van der Waals surface area contributed by atoms with Crippen LogP contribution in [0.4, 0.5) is 0 Å². The summed E-state index contributed by atoms with van der Waals surface area (Å²) in [6, 6.07) is 10.7. The molecule has 0 saturated heterocycles. The molecule has 2 atom stereocenters. The average Bonchev–Trinajstić information content (AvgIpc) is 2.37. The van der Waals surface area contributed by atoms with Gasteiger partial charge in [0.15, 0.2) is 0 Å². The molecular formula is C16H25NO. The van der Waals surface area contributed by atoms with Crippen molar-refractivity contribution in [2.75, 3.05) is 0 Å². The van der Waals surface area contributed by atoms with E-state index in [0.29, 0.717) is 12.3 Å². The summed E-state index contributed by atoms with van der Waals surface area (Å²) in [5, 5.41) is 3.08. The van der Waals surface area contributed by atoms with Gasteiger partial charge in [-0.1, -0.05) is 50.6 Å². The number of hydrogen-bond donors (Lipinski definition) is 1. The van der Waals surface area contributed by atoms with Crippen LogP contribution in [0.15, 0.2) is 30.3 Å². The van der Waals surface area contributed by atoms with Crippen molar-refractivity contribution >= 4 is 5.91 Å². The van der Waals surface area contributed by atoms with Crippen LogP contribution in [-0.2, 0) is 11.2 Å². The fourth-order valence-corrected chi connectivity index (χ4v) is 1.89. The fraction of sp³-hybridized carbons (Fsp3) is 0.562. The van der Waals surface area contributed by atoms with E-state index in [1.807, 2.05) is 6.07 Å². The standard InChI is InChI=1S/C16H25NO/c1-4-13(2)12-16(18)17-14(3)10-11-15-8-6-5-7-9-15/h5-9,13-14H,4,10-12H2,1-3H3,(H,17,18). The van der Waals surface area contributed by atoms with E-state index in [4.69, 9.17) is 0 Å². The van der Waals surface area contributed by atoms with E-state index in [1.54, 1.807) is 0 Å². The Morgan fingerprint density at radius 2 is 1.89 bits per heavy atom. The summed E-state index contributed by atoms with van der Waals surface area (Å²) in [5.41, 5.74) is 1.33. The van der Waals surface area contributed by atoms with Crippen molar-refractivity contribution in [2.45, 2.75) is 52.5 Å². The molecule has 0 aromatic heterocycles. The molecule has 100 valence electrons. The van der Waals surface area contributed by atoms with Crippen molar-refractivity contribution in [3.8, 4) is 0 Å². The summed E-state index contributed by atoms with van der Waals surface area (Å²) in [6.07, 6.45) is 3.72. The van der Waals surface area contributed by atoms with Gasteiger partial charge in [-0.2, -0.15) is 0 Å². The molecule has 2 heteroatoms. The van der Waals surface area contributed by atoms with Crippen LogP contribution in [0.3, 0.4) is 0 Å². The van der Waals surface area contributed by atoms with Gasteiger partial charge in [0, 0.05) is 12.5 Å². The quantitative estimate of drug-likeness (QED) is 0.784. The molecule has 0 aliphatic rings. The van der Waals surface area contributed by atoms with Gasteiger partial charge in [0.2, 0.25) is 5.91 Å². The average molecular weight is 247 g/mol. The second kappa shape index (κ2) is 7.91. The zero-order chi connectivity index (χ0) is 13.4. The first kappa shape index (κ1) is 14.7. The normalized spacial score (nSPS) is 13.9.